The van der Waals surface area contributed by atoms with E-state index in [1.165, 1.54) is 12.8 Å². The molecule has 1 atom stereocenters. The van der Waals surface area contributed by atoms with Crippen LogP contribution < -0.4 is 10.2 Å². The maximum absolute atomic E-state index is 12.6. The number of hydrogen-bond acceptors (Lipinski definition) is 4. The Balaban J connectivity index is 1.73. The van der Waals surface area contributed by atoms with Crippen molar-refractivity contribution in [1.82, 2.24) is 9.97 Å². The summed E-state index contributed by atoms with van der Waals surface area (Å²) in [6.07, 6.45) is 5.72. The molecule has 0 radical (unpaired) electrons. The molecule has 1 aromatic heterocycles. The van der Waals surface area contributed by atoms with Gasteiger partial charge in [0.15, 0.2) is 0 Å². The second-order valence-electron chi connectivity index (χ2n) is 8.20. The molecule has 0 spiro atoms. The summed E-state index contributed by atoms with van der Waals surface area (Å²) in [7, 11) is 0. The molecule has 2 heterocycles. The van der Waals surface area contributed by atoms with Gasteiger partial charge in [-0.05, 0) is 35.8 Å². The monoisotopic (exact) mass is 352 g/mol. The molecule has 1 aliphatic rings. The van der Waals surface area contributed by atoms with Crippen molar-refractivity contribution >= 4 is 17.4 Å². The molecule has 1 aromatic carbocycles. The quantitative estimate of drug-likeness (QED) is 0.896. The summed E-state index contributed by atoms with van der Waals surface area (Å²) >= 11 is 0. The Morgan fingerprint density at radius 2 is 1.96 bits per heavy atom. The second-order valence-corrected chi connectivity index (χ2v) is 8.20. The van der Waals surface area contributed by atoms with Gasteiger partial charge in [-0.3, -0.25) is 4.79 Å². The Morgan fingerprint density at radius 1 is 1.19 bits per heavy atom. The van der Waals surface area contributed by atoms with Crippen LogP contribution in [0.15, 0.2) is 36.7 Å². The molecular formula is C21H28N4O. The van der Waals surface area contributed by atoms with Crippen molar-refractivity contribution in [3.63, 3.8) is 0 Å². The maximum atomic E-state index is 12.6. The molecule has 0 aliphatic carbocycles. The fraction of sp³-hybridized carbons (Fsp3) is 0.476. The predicted molar refractivity (Wildman–Crippen MR) is 106 cm³/mol. The Hall–Kier alpha value is -2.43. The molecular weight excluding hydrogens is 324 g/mol. The normalized spacial score (nSPS) is 17.8. The third kappa shape index (κ3) is 4.21. The first kappa shape index (κ1) is 18.4. The summed E-state index contributed by atoms with van der Waals surface area (Å²) in [5.74, 6) is 1.29. The van der Waals surface area contributed by atoms with E-state index >= 15 is 0 Å². The molecule has 1 saturated heterocycles. The van der Waals surface area contributed by atoms with Crippen LogP contribution in [0.1, 0.15) is 56.6 Å². The lowest BCUT2D eigenvalue weighted by molar-refractivity contribution is 0.102. The van der Waals surface area contributed by atoms with Crippen molar-refractivity contribution in [1.29, 1.82) is 0 Å². The largest absolute Gasteiger partial charge is 0.355 e. The molecule has 2 aromatic rings. The highest BCUT2D eigenvalue weighted by Crippen LogP contribution is 2.29. The highest BCUT2D eigenvalue weighted by Gasteiger charge is 2.21. The minimum Gasteiger partial charge on any atom is -0.355 e. The molecule has 26 heavy (non-hydrogen) atoms. The molecule has 1 unspecified atom stereocenters. The third-order valence-electron chi connectivity index (χ3n) is 4.84. The molecule has 5 nitrogen and oxygen atoms in total. The summed E-state index contributed by atoms with van der Waals surface area (Å²) < 4.78 is 0. The molecule has 138 valence electrons. The van der Waals surface area contributed by atoms with Gasteiger partial charge in [0.2, 0.25) is 0 Å². The number of para-hydroxylation sites is 1. The number of amides is 1. The summed E-state index contributed by atoms with van der Waals surface area (Å²) in [6.45, 7) is 10.7. The van der Waals surface area contributed by atoms with Crippen molar-refractivity contribution in [3.8, 4) is 0 Å². The van der Waals surface area contributed by atoms with Crippen molar-refractivity contribution < 1.29 is 4.79 Å². The zero-order chi connectivity index (χ0) is 18.7. The van der Waals surface area contributed by atoms with E-state index in [1.807, 2.05) is 24.3 Å². The zero-order valence-electron chi connectivity index (χ0n) is 16.1. The van der Waals surface area contributed by atoms with E-state index in [0.717, 1.165) is 30.2 Å². The minimum atomic E-state index is -0.229. The zero-order valence-corrected chi connectivity index (χ0v) is 16.1. The van der Waals surface area contributed by atoms with Gasteiger partial charge in [-0.1, -0.05) is 45.9 Å². The van der Waals surface area contributed by atoms with Gasteiger partial charge >= 0.3 is 0 Å². The smallest absolute Gasteiger partial charge is 0.275 e. The van der Waals surface area contributed by atoms with Gasteiger partial charge in [-0.25, -0.2) is 9.97 Å². The van der Waals surface area contributed by atoms with Gasteiger partial charge in [0.05, 0.1) is 12.4 Å². The van der Waals surface area contributed by atoms with Crippen LogP contribution in [0.5, 0.6) is 0 Å². The van der Waals surface area contributed by atoms with Gasteiger partial charge < -0.3 is 10.2 Å². The van der Waals surface area contributed by atoms with Gasteiger partial charge in [0.25, 0.3) is 5.91 Å². The van der Waals surface area contributed by atoms with Crippen molar-refractivity contribution in [3.05, 3.63) is 47.9 Å². The van der Waals surface area contributed by atoms with E-state index in [1.54, 1.807) is 12.4 Å². The van der Waals surface area contributed by atoms with E-state index in [-0.39, 0.29) is 11.3 Å². The molecule has 0 saturated carbocycles. The lowest BCUT2D eigenvalue weighted by Crippen LogP contribution is -2.35. The fourth-order valence-electron chi connectivity index (χ4n) is 3.43. The number of nitrogens with zero attached hydrogens (tertiary/aromatic N) is 3. The van der Waals surface area contributed by atoms with E-state index in [2.05, 4.69) is 47.9 Å². The molecule has 0 bridgehead atoms. The average molecular weight is 352 g/mol. The third-order valence-corrected chi connectivity index (χ3v) is 4.84. The molecule has 1 aliphatic heterocycles. The first-order valence-corrected chi connectivity index (χ1v) is 9.32. The van der Waals surface area contributed by atoms with E-state index in [9.17, 15) is 4.79 Å². The highest BCUT2D eigenvalue weighted by atomic mass is 16.1. The van der Waals surface area contributed by atoms with Crippen LogP contribution in [0.25, 0.3) is 0 Å². The molecule has 1 fully saturated rings. The van der Waals surface area contributed by atoms with Gasteiger partial charge in [0.1, 0.15) is 11.5 Å². The first-order chi connectivity index (χ1) is 12.3. The van der Waals surface area contributed by atoms with Crippen LogP contribution in [0.4, 0.5) is 11.5 Å². The number of benzene rings is 1. The molecule has 3 rings (SSSR count). The van der Waals surface area contributed by atoms with Crippen LogP contribution in [0.2, 0.25) is 0 Å². The summed E-state index contributed by atoms with van der Waals surface area (Å²) in [4.78, 5) is 23.7. The molecule has 1 amide bonds. The Labute approximate surface area is 155 Å². The second kappa shape index (κ2) is 7.44. The van der Waals surface area contributed by atoms with Crippen LogP contribution in [-0.4, -0.2) is 29.0 Å². The fourth-order valence-corrected chi connectivity index (χ4v) is 3.43. The predicted octanol–water partition coefficient (Wildman–Crippen LogP) is 4.26. The first-order valence-electron chi connectivity index (χ1n) is 9.32. The maximum Gasteiger partial charge on any atom is 0.275 e. The van der Waals surface area contributed by atoms with Crippen LogP contribution >= 0.6 is 0 Å². The van der Waals surface area contributed by atoms with E-state index in [0.29, 0.717) is 11.6 Å². The Bertz CT molecular complexity index is 764. The number of nitrogens with one attached hydrogen (secondary N) is 1. The van der Waals surface area contributed by atoms with Crippen molar-refractivity contribution in [2.75, 3.05) is 23.3 Å². The SMILES string of the molecule is CC1CCCN(c2cnc(C(=O)Nc3ccccc3C(C)(C)C)cn2)C1. The standard InChI is InChI=1S/C21H28N4O/c1-15-8-7-11-25(14-15)19-13-22-18(12-23-19)20(26)24-17-10-6-5-9-16(17)21(2,3)4/h5-6,9-10,12-13,15H,7-8,11,14H2,1-4H3,(H,24,26). The number of carbonyl (C=O) groups excluding carboxylic acids is 1. The van der Waals surface area contributed by atoms with Crippen molar-refractivity contribution in [2.24, 2.45) is 5.92 Å². The lowest BCUT2D eigenvalue weighted by atomic mass is 9.86. The summed E-state index contributed by atoms with van der Waals surface area (Å²) in [5.41, 5.74) is 2.20. The Kier molecular flexibility index (Phi) is 5.25. The van der Waals surface area contributed by atoms with Crippen LogP contribution in [-0.2, 0) is 5.41 Å². The van der Waals surface area contributed by atoms with Crippen molar-refractivity contribution in [2.45, 2.75) is 46.0 Å². The van der Waals surface area contributed by atoms with E-state index < -0.39 is 0 Å². The minimum absolute atomic E-state index is 0.0512. The number of carbonyl (C=O) groups is 1. The summed E-state index contributed by atoms with van der Waals surface area (Å²) in [6, 6.07) is 7.89. The average Bonchev–Trinajstić information content (AvgIpc) is 2.61. The van der Waals surface area contributed by atoms with Crippen LogP contribution in [0.3, 0.4) is 0 Å². The Morgan fingerprint density at radius 3 is 2.62 bits per heavy atom. The number of aromatic nitrogens is 2. The summed E-state index contributed by atoms with van der Waals surface area (Å²) in [5, 5.41) is 2.98. The number of anilines is 2. The highest BCUT2D eigenvalue weighted by molar-refractivity contribution is 6.03. The molecule has 5 heteroatoms. The van der Waals surface area contributed by atoms with Crippen LogP contribution in [0, 0.1) is 5.92 Å². The van der Waals surface area contributed by atoms with E-state index in [4.69, 9.17) is 0 Å². The number of piperidine rings is 1. The number of rotatable bonds is 3. The number of hydrogen-bond donors (Lipinski definition) is 1. The van der Waals surface area contributed by atoms with Gasteiger partial charge in [-0.15, -0.1) is 0 Å². The molecule has 1 N–H and O–H groups in total. The lowest BCUT2D eigenvalue weighted by Gasteiger charge is -2.31. The van der Waals surface area contributed by atoms with Gasteiger partial charge in [0, 0.05) is 18.8 Å². The topological polar surface area (TPSA) is 58.1 Å². The van der Waals surface area contributed by atoms with Gasteiger partial charge in [-0.2, -0.15) is 0 Å².